The van der Waals surface area contributed by atoms with Crippen molar-refractivity contribution in [1.29, 1.82) is 10.5 Å². The van der Waals surface area contributed by atoms with E-state index < -0.39 is 51.7 Å². The summed E-state index contributed by atoms with van der Waals surface area (Å²) in [6.07, 6.45) is -4.62. The van der Waals surface area contributed by atoms with E-state index in [1.165, 1.54) is 67.6 Å². The Hall–Kier alpha value is -4.26. The normalized spacial score (nSPS) is 14.7. The number of hydrogen-bond donors (Lipinski definition) is 2. The molecule has 0 saturated heterocycles. The lowest BCUT2D eigenvalue weighted by Crippen LogP contribution is -2.62. The van der Waals surface area contributed by atoms with Gasteiger partial charge in [0.25, 0.3) is 0 Å². The maximum Gasteiger partial charge on any atom is 0.407 e. The van der Waals surface area contributed by atoms with Crippen LogP contribution in [0.2, 0.25) is 0 Å². The number of halogens is 4. The quantitative estimate of drug-likeness (QED) is 0.322. The topological polar surface area (TPSA) is 137 Å². The third-order valence-electron chi connectivity index (χ3n) is 6.94. The molecule has 0 aliphatic carbocycles. The van der Waals surface area contributed by atoms with E-state index in [1.54, 1.807) is 6.07 Å². The number of carbonyl (C=O) groups is 1. The Morgan fingerprint density at radius 1 is 1.00 bits per heavy atom. The summed E-state index contributed by atoms with van der Waals surface area (Å²) in [5.41, 5.74) is 4.17. The highest BCUT2D eigenvalue weighted by Gasteiger charge is 2.51. The molecular weight excluding hydrogens is 560 g/mol. The third kappa shape index (κ3) is 6.91. The monoisotopic (exact) mass is 586 g/mol. The van der Waals surface area contributed by atoms with Crippen LogP contribution in [-0.4, -0.2) is 32.3 Å². The van der Waals surface area contributed by atoms with Crippen molar-refractivity contribution >= 4 is 15.7 Å². The summed E-state index contributed by atoms with van der Waals surface area (Å²) in [4.78, 5) is 12.8. The lowest BCUT2D eigenvalue weighted by molar-refractivity contribution is -0.166. The summed E-state index contributed by atoms with van der Waals surface area (Å²) in [6, 6.07) is 15.7. The van der Waals surface area contributed by atoms with Crippen molar-refractivity contribution in [2.24, 2.45) is 11.7 Å². The van der Waals surface area contributed by atoms with Crippen molar-refractivity contribution in [2.45, 2.75) is 42.4 Å². The summed E-state index contributed by atoms with van der Waals surface area (Å²) in [6.45, 7) is 1.40. The van der Waals surface area contributed by atoms with E-state index in [9.17, 15) is 36.0 Å². The van der Waals surface area contributed by atoms with E-state index >= 15 is 0 Å². The summed E-state index contributed by atoms with van der Waals surface area (Å²) in [5.74, 6) is -3.55. The molecule has 214 valence electrons. The van der Waals surface area contributed by atoms with Crippen LogP contribution in [-0.2, 0) is 21.1 Å². The van der Waals surface area contributed by atoms with Crippen LogP contribution in [0.4, 0.5) is 17.6 Å². The molecule has 3 aromatic carbocycles. The lowest BCUT2D eigenvalue weighted by Gasteiger charge is -2.39. The van der Waals surface area contributed by atoms with Crippen molar-refractivity contribution in [3.63, 3.8) is 0 Å². The van der Waals surface area contributed by atoms with Crippen LogP contribution in [0.5, 0.6) is 0 Å². The molecule has 0 aliphatic heterocycles. The Labute approximate surface area is 235 Å². The van der Waals surface area contributed by atoms with Crippen molar-refractivity contribution in [1.82, 2.24) is 5.32 Å². The van der Waals surface area contributed by atoms with Crippen LogP contribution in [0, 0.1) is 34.4 Å². The molecule has 0 fully saturated rings. The summed E-state index contributed by atoms with van der Waals surface area (Å²) >= 11 is 0. The molecule has 0 aromatic heterocycles. The second-order valence-corrected chi connectivity index (χ2v) is 11.5. The number of alkyl halides is 3. The minimum atomic E-state index is -4.92. The molecule has 0 saturated carbocycles. The van der Waals surface area contributed by atoms with Gasteiger partial charge in [0.15, 0.2) is 9.84 Å². The Bertz CT molecular complexity index is 1610. The van der Waals surface area contributed by atoms with Crippen LogP contribution < -0.4 is 11.1 Å². The van der Waals surface area contributed by atoms with Gasteiger partial charge in [-0.1, -0.05) is 49.4 Å². The zero-order valence-electron chi connectivity index (χ0n) is 22.0. The maximum absolute atomic E-state index is 14.6. The minimum absolute atomic E-state index is 0.0152. The van der Waals surface area contributed by atoms with Gasteiger partial charge in [0.2, 0.25) is 5.91 Å². The van der Waals surface area contributed by atoms with Crippen LogP contribution in [0.15, 0.2) is 71.6 Å². The molecule has 0 radical (unpaired) electrons. The summed E-state index contributed by atoms with van der Waals surface area (Å²) in [7, 11) is -3.43. The van der Waals surface area contributed by atoms with Gasteiger partial charge in [0, 0.05) is 6.26 Å². The molecular formula is C29H26F4N4O3S. The van der Waals surface area contributed by atoms with E-state index in [0.29, 0.717) is 11.1 Å². The molecule has 41 heavy (non-hydrogen) atoms. The van der Waals surface area contributed by atoms with Crippen molar-refractivity contribution in [3.05, 3.63) is 89.2 Å². The van der Waals surface area contributed by atoms with Gasteiger partial charge in [-0.05, 0) is 59.4 Å². The highest BCUT2D eigenvalue weighted by molar-refractivity contribution is 7.90. The van der Waals surface area contributed by atoms with Crippen molar-refractivity contribution < 1.29 is 30.8 Å². The van der Waals surface area contributed by atoms with Gasteiger partial charge in [0.05, 0.1) is 28.5 Å². The van der Waals surface area contributed by atoms with E-state index in [4.69, 9.17) is 11.0 Å². The number of primary amides is 1. The van der Waals surface area contributed by atoms with Gasteiger partial charge >= 0.3 is 6.18 Å². The molecule has 0 heterocycles. The first-order valence-corrected chi connectivity index (χ1v) is 14.2. The van der Waals surface area contributed by atoms with Gasteiger partial charge in [0.1, 0.15) is 17.4 Å². The van der Waals surface area contributed by atoms with E-state index in [0.717, 1.165) is 12.3 Å². The summed E-state index contributed by atoms with van der Waals surface area (Å²) in [5, 5.41) is 21.2. The number of nitrogens with one attached hydrogen (secondary N) is 1. The zero-order chi connectivity index (χ0) is 30.6. The molecule has 0 aliphatic rings. The smallest absolute Gasteiger partial charge is 0.368 e. The number of nitrogens with zero attached hydrogens (tertiary/aromatic N) is 2. The Morgan fingerprint density at radius 3 is 1.98 bits per heavy atom. The number of benzene rings is 3. The van der Waals surface area contributed by atoms with Crippen LogP contribution in [0.3, 0.4) is 0 Å². The third-order valence-corrected chi connectivity index (χ3v) is 8.07. The number of carbonyl (C=O) groups excluding carboxylic acids is 1. The molecule has 7 nitrogen and oxygen atoms in total. The number of nitriles is 2. The van der Waals surface area contributed by atoms with Crippen LogP contribution >= 0.6 is 0 Å². The van der Waals surface area contributed by atoms with Crippen molar-refractivity contribution in [2.75, 3.05) is 6.26 Å². The molecule has 3 aromatic rings. The molecule has 0 spiro atoms. The van der Waals surface area contributed by atoms with Gasteiger partial charge in [-0.25, -0.2) is 12.8 Å². The minimum Gasteiger partial charge on any atom is -0.368 e. The Balaban J connectivity index is 1.99. The Morgan fingerprint density at radius 2 is 1.56 bits per heavy atom. The van der Waals surface area contributed by atoms with Crippen LogP contribution in [0.25, 0.3) is 11.1 Å². The second-order valence-electron chi connectivity index (χ2n) is 9.53. The first-order chi connectivity index (χ1) is 19.2. The lowest BCUT2D eigenvalue weighted by atomic mass is 9.77. The predicted octanol–water partition coefficient (Wildman–Crippen LogP) is 4.98. The van der Waals surface area contributed by atoms with E-state index in [1.807, 2.05) is 6.07 Å². The average Bonchev–Trinajstić information content (AvgIpc) is 2.92. The number of nitrogens with two attached hydrogens (primary N) is 1. The summed E-state index contributed by atoms with van der Waals surface area (Å²) < 4.78 is 81.2. The Kier molecular flexibility index (Phi) is 9.22. The zero-order valence-corrected chi connectivity index (χ0v) is 22.9. The molecule has 3 rings (SSSR count). The average molecular weight is 587 g/mol. The molecule has 0 bridgehead atoms. The van der Waals surface area contributed by atoms with E-state index in [2.05, 4.69) is 5.32 Å². The molecule has 12 heteroatoms. The standard InChI is InChI=1S/C29H26F4N4O3S/c1-3-28(27(36)38,23(17-35)15-22-5-4-18(16-34)14-25(22)30)37-26(29(31,32)33)21-8-6-19(7-9-21)20-10-12-24(13-11-20)41(2,39)40/h4-14,23,26,37H,3,15H2,1-2H3,(H2,36,38)/t23-,26+,28?/m1/s1. The van der Waals surface area contributed by atoms with Gasteiger partial charge < -0.3 is 5.73 Å². The van der Waals surface area contributed by atoms with E-state index in [-0.39, 0.29) is 28.0 Å². The number of rotatable bonds is 10. The molecule has 3 atom stereocenters. The fourth-order valence-electron chi connectivity index (χ4n) is 4.57. The van der Waals surface area contributed by atoms with Crippen LogP contribution in [0.1, 0.15) is 36.1 Å². The first-order valence-electron chi connectivity index (χ1n) is 12.3. The highest BCUT2D eigenvalue weighted by Crippen LogP contribution is 2.38. The fraction of sp³-hybridized carbons (Fsp3) is 0.276. The largest absolute Gasteiger partial charge is 0.407 e. The SMILES string of the molecule is CCC(N[C@@H](c1ccc(-c2ccc(S(C)(=O)=O)cc2)cc1)C(F)(F)F)(C(N)=O)[C@@H](C#N)Cc1ccc(C#N)cc1F. The number of sulfone groups is 1. The fourth-order valence-corrected chi connectivity index (χ4v) is 5.20. The maximum atomic E-state index is 14.6. The first kappa shape index (κ1) is 31.3. The van der Waals surface area contributed by atoms with Gasteiger partial charge in [-0.2, -0.15) is 23.7 Å². The van der Waals surface area contributed by atoms with Gasteiger partial charge in [-0.3, -0.25) is 10.1 Å². The number of hydrogen-bond acceptors (Lipinski definition) is 6. The molecule has 1 unspecified atom stereocenters. The number of amides is 1. The van der Waals surface area contributed by atoms with Gasteiger partial charge in [-0.15, -0.1) is 0 Å². The highest BCUT2D eigenvalue weighted by atomic mass is 32.2. The molecule has 3 N–H and O–H groups in total. The predicted molar refractivity (Wildman–Crippen MR) is 143 cm³/mol. The van der Waals surface area contributed by atoms with Crippen molar-refractivity contribution in [3.8, 4) is 23.3 Å². The second kappa shape index (κ2) is 12.1. The molecule has 1 amide bonds.